The van der Waals surface area contributed by atoms with Crippen molar-refractivity contribution in [3.05, 3.63) is 24.3 Å². The average Bonchev–Trinajstić information content (AvgIpc) is 2.37. The van der Waals surface area contributed by atoms with E-state index in [1.165, 1.54) is 13.8 Å². The number of carbonyl (C=O) groups is 3. The maximum absolute atomic E-state index is 12.0. The van der Waals surface area contributed by atoms with Crippen molar-refractivity contribution >= 4 is 23.5 Å². The van der Waals surface area contributed by atoms with E-state index >= 15 is 0 Å². The monoisotopic (exact) mass is 292 g/mol. The Kier molecular flexibility index (Phi) is 3.84. The molecular weight excluding hydrogens is 276 g/mol. The standard InChI is InChI=1S/C14H16N2O5/c1-14(2,13(19)20)15-11(17)7-16-8-12(18)21-10-6-4-3-5-9(10)16/h3-6H,7-8H2,1-2H3,(H,15,17)(H,19,20). The topological polar surface area (TPSA) is 95.9 Å². The second kappa shape index (κ2) is 5.43. The van der Waals surface area contributed by atoms with E-state index in [-0.39, 0.29) is 13.1 Å². The lowest BCUT2D eigenvalue weighted by Gasteiger charge is -2.30. The molecule has 0 saturated carbocycles. The first-order valence-electron chi connectivity index (χ1n) is 6.38. The molecule has 0 unspecified atom stereocenters. The van der Waals surface area contributed by atoms with Gasteiger partial charge in [-0.15, -0.1) is 0 Å². The second-order valence-corrected chi connectivity index (χ2v) is 5.28. The number of carbonyl (C=O) groups excluding carboxylic acids is 2. The molecule has 2 rings (SSSR count). The first-order valence-corrected chi connectivity index (χ1v) is 6.38. The quantitative estimate of drug-likeness (QED) is 0.615. The van der Waals surface area contributed by atoms with Crippen LogP contribution in [0.4, 0.5) is 5.69 Å². The number of anilines is 1. The summed E-state index contributed by atoms with van der Waals surface area (Å²) in [5.41, 5.74) is -0.743. The van der Waals surface area contributed by atoms with Crippen LogP contribution < -0.4 is 15.0 Å². The first-order chi connectivity index (χ1) is 9.79. The van der Waals surface area contributed by atoms with Gasteiger partial charge in [0.05, 0.1) is 12.2 Å². The summed E-state index contributed by atoms with van der Waals surface area (Å²) in [6, 6.07) is 6.86. The van der Waals surface area contributed by atoms with Gasteiger partial charge in [0.25, 0.3) is 0 Å². The van der Waals surface area contributed by atoms with Crippen molar-refractivity contribution in [2.24, 2.45) is 0 Å². The van der Waals surface area contributed by atoms with E-state index in [9.17, 15) is 14.4 Å². The molecule has 7 heteroatoms. The normalized spacial score (nSPS) is 14.2. The number of ether oxygens (including phenoxy) is 1. The Morgan fingerprint density at radius 1 is 1.38 bits per heavy atom. The summed E-state index contributed by atoms with van der Waals surface area (Å²) in [5, 5.41) is 11.4. The summed E-state index contributed by atoms with van der Waals surface area (Å²) in [6.45, 7) is 2.61. The largest absolute Gasteiger partial charge is 0.480 e. The minimum atomic E-state index is -1.37. The number of para-hydroxylation sites is 2. The van der Waals surface area contributed by atoms with E-state index in [1.807, 2.05) is 0 Å². The molecule has 1 amide bonds. The Labute approximate surface area is 121 Å². The van der Waals surface area contributed by atoms with Crippen molar-refractivity contribution in [1.29, 1.82) is 0 Å². The molecule has 1 aromatic rings. The fraction of sp³-hybridized carbons (Fsp3) is 0.357. The van der Waals surface area contributed by atoms with Gasteiger partial charge in [0.2, 0.25) is 5.91 Å². The number of carboxylic acid groups (broad SMARTS) is 1. The molecule has 1 heterocycles. The molecule has 0 aromatic heterocycles. The van der Waals surface area contributed by atoms with Crippen LogP contribution in [0.15, 0.2) is 24.3 Å². The molecule has 0 fully saturated rings. The van der Waals surface area contributed by atoms with Crippen molar-refractivity contribution < 1.29 is 24.2 Å². The van der Waals surface area contributed by atoms with Crippen molar-refractivity contribution in [2.45, 2.75) is 19.4 Å². The van der Waals surface area contributed by atoms with Gasteiger partial charge >= 0.3 is 11.9 Å². The summed E-state index contributed by atoms with van der Waals surface area (Å²) in [7, 11) is 0. The zero-order valence-corrected chi connectivity index (χ0v) is 11.8. The molecule has 0 radical (unpaired) electrons. The van der Waals surface area contributed by atoms with E-state index in [0.29, 0.717) is 11.4 Å². The number of nitrogens with zero attached hydrogens (tertiary/aromatic N) is 1. The Hall–Kier alpha value is -2.57. The Morgan fingerprint density at radius 2 is 2.05 bits per heavy atom. The number of esters is 1. The molecule has 1 aliphatic heterocycles. The molecule has 0 aliphatic carbocycles. The van der Waals surface area contributed by atoms with E-state index in [0.717, 1.165) is 0 Å². The highest BCUT2D eigenvalue weighted by Gasteiger charge is 2.31. The summed E-state index contributed by atoms with van der Waals surface area (Å²) in [6.07, 6.45) is 0. The van der Waals surface area contributed by atoms with Crippen LogP contribution in [0.1, 0.15) is 13.8 Å². The lowest BCUT2D eigenvalue weighted by molar-refractivity contribution is -0.145. The minimum absolute atomic E-state index is 0.0576. The maximum atomic E-state index is 12.0. The van der Waals surface area contributed by atoms with Crippen molar-refractivity contribution in [2.75, 3.05) is 18.0 Å². The van der Waals surface area contributed by atoms with E-state index in [4.69, 9.17) is 9.84 Å². The van der Waals surface area contributed by atoms with E-state index in [1.54, 1.807) is 29.2 Å². The van der Waals surface area contributed by atoms with Gasteiger partial charge < -0.3 is 20.1 Å². The van der Waals surface area contributed by atoms with Gasteiger partial charge in [-0.2, -0.15) is 0 Å². The molecule has 0 bridgehead atoms. The van der Waals surface area contributed by atoms with Crippen LogP contribution in [-0.4, -0.2) is 41.6 Å². The van der Waals surface area contributed by atoms with Crippen LogP contribution in [0.25, 0.3) is 0 Å². The number of hydrogen-bond donors (Lipinski definition) is 2. The highest BCUT2D eigenvalue weighted by Crippen LogP contribution is 2.30. The maximum Gasteiger partial charge on any atom is 0.331 e. The molecular formula is C14H16N2O5. The highest BCUT2D eigenvalue weighted by molar-refractivity contribution is 5.91. The molecule has 7 nitrogen and oxygen atoms in total. The lowest BCUT2D eigenvalue weighted by atomic mass is 10.1. The molecule has 2 N–H and O–H groups in total. The van der Waals surface area contributed by atoms with Crippen molar-refractivity contribution in [3.63, 3.8) is 0 Å². The Balaban J connectivity index is 2.11. The van der Waals surface area contributed by atoms with Crippen LogP contribution in [0.2, 0.25) is 0 Å². The predicted octanol–water partition coefficient (Wildman–Crippen LogP) is 0.391. The number of aliphatic carboxylic acids is 1. The van der Waals surface area contributed by atoms with Crippen LogP contribution in [0.5, 0.6) is 5.75 Å². The average molecular weight is 292 g/mol. The summed E-state index contributed by atoms with van der Waals surface area (Å²) in [4.78, 5) is 36.0. The van der Waals surface area contributed by atoms with Crippen molar-refractivity contribution in [1.82, 2.24) is 5.32 Å². The third-order valence-corrected chi connectivity index (χ3v) is 3.07. The number of rotatable bonds is 4. The zero-order chi connectivity index (χ0) is 15.6. The molecule has 1 aromatic carbocycles. The second-order valence-electron chi connectivity index (χ2n) is 5.28. The molecule has 1 aliphatic rings. The number of hydrogen-bond acceptors (Lipinski definition) is 5. The number of nitrogens with one attached hydrogen (secondary N) is 1. The van der Waals surface area contributed by atoms with Gasteiger partial charge in [0.1, 0.15) is 12.1 Å². The first kappa shape index (κ1) is 14.8. The molecule has 112 valence electrons. The van der Waals surface area contributed by atoms with Crippen LogP contribution in [-0.2, 0) is 14.4 Å². The SMILES string of the molecule is CC(C)(NC(=O)CN1CC(=O)Oc2ccccc21)C(=O)O. The third-order valence-electron chi connectivity index (χ3n) is 3.07. The lowest BCUT2D eigenvalue weighted by Crippen LogP contribution is -2.53. The highest BCUT2D eigenvalue weighted by atomic mass is 16.5. The fourth-order valence-electron chi connectivity index (χ4n) is 1.96. The smallest absolute Gasteiger partial charge is 0.331 e. The van der Waals surface area contributed by atoms with Crippen LogP contribution in [0, 0.1) is 0 Å². The Morgan fingerprint density at radius 3 is 2.71 bits per heavy atom. The van der Waals surface area contributed by atoms with E-state index < -0.39 is 23.4 Å². The van der Waals surface area contributed by atoms with Crippen LogP contribution in [0.3, 0.4) is 0 Å². The third kappa shape index (κ3) is 3.31. The van der Waals surface area contributed by atoms with Gasteiger partial charge in [0.15, 0.2) is 5.75 Å². The van der Waals surface area contributed by atoms with Gasteiger partial charge in [-0.25, -0.2) is 9.59 Å². The molecule has 0 spiro atoms. The van der Waals surface area contributed by atoms with Crippen molar-refractivity contribution in [3.8, 4) is 5.75 Å². The molecule has 0 saturated heterocycles. The van der Waals surface area contributed by atoms with E-state index in [2.05, 4.69) is 5.32 Å². The van der Waals surface area contributed by atoms with Gasteiger partial charge in [0, 0.05) is 0 Å². The summed E-state index contributed by atoms with van der Waals surface area (Å²) in [5.74, 6) is -1.68. The number of carboxylic acids is 1. The zero-order valence-electron chi connectivity index (χ0n) is 11.8. The summed E-state index contributed by atoms with van der Waals surface area (Å²) >= 11 is 0. The predicted molar refractivity (Wildman–Crippen MR) is 74.1 cm³/mol. The molecule has 0 atom stereocenters. The number of benzene rings is 1. The molecule has 21 heavy (non-hydrogen) atoms. The van der Waals surface area contributed by atoms with Gasteiger partial charge in [-0.05, 0) is 26.0 Å². The summed E-state index contributed by atoms with van der Waals surface area (Å²) < 4.78 is 5.08. The minimum Gasteiger partial charge on any atom is -0.480 e. The fourth-order valence-corrected chi connectivity index (χ4v) is 1.96. The van der Waals surface area contributed by atoms with Gasteiger partial charge in [-0.1, -0.05) is 12.1 Å². The number of fused-ring (bicyclic) bond motifs is 1. The van der Waals surface area contributed by atoms with Gasteiger partial charge in [-0.3, -0.25) is 4.79 Å². The number of amides is 1. The Bertz CT molecular complexity index is 597. The van der Waals surface area contributed by atoms with Crippen LogP contribution >= 0.6 is 0 Å².